The zero-order chi connectivity index (χ0) is 18.0. The quantitative estimate of drug-likeness (QED) is 0.213. The first kappa shape index (κ1) is 22.9. The lowest BCUT2D eigenvalue weighted by Gasteiger charge is -2.14. The van der Waals surface area contributed by atoms with Gasteiger partial charge in [0, 0.05) is 0 Å². The van der Waals surface area contributed by atoms with Crippen molar-refractivity contribution in [3.8, 4) is 0 Å². The number of esters is 2. The van der Waals surface area contributed by atoms with Gasteiger partial charge in [-0.1, -0.05) is 78.6 Å². The number of ether oxygens (including phenoxy) is 2. The van der Waals surface area contributed by atoms with Crippen molar-refractivity contribution in [3.63, 3.8) is 0 Å². The highest BCUT2D eigenvalue weighted by molar-refractivity contribution is 5.94. The molecule has 24 heavy (non-hydrogen) atoms. The lowest BCUT2D eigenvalue weighted by atomic mass is 10.0. The molecule has 0 N–H and O–H groups in total. The van der Waals surface area contributed by atoms with Crippen LogP contribution >= 0.6 is 0 Å². The van der Waals surface area contributed by atoms with Gasteiger partial charge in [-0.05, 0) is 19.3 Å². The second-order valence-electron chi connectivity index (χ2n) is 6.50. The standard InChI is InChI=1S/C20H38O4/c1-4-7-9-11-13-16-23-19(21)18(15-6-3)20(22)24-17-14-12-10-8-5-2/h18H,4-17H2,1-3H3. The molecule has 0 bridgehead atoms. The maximum absolute atomic E-state index is 12.1. The van der Waals surface area contributed by atoms with Gasteiger partial charge in [-0.15, -0.1) is 0 Å². The second kappa shape index (κ2) is 16.8. The van der Waals surface area contributed by atoms with Crippen LogP contribution in [0.2, 0.25) is 0 Å². The Kier molecular flexibility index (Phi) is 16.0. The molecule has 0 saturated carbocycles. The fraction of sp³-hybridized carbons (Fsp3) is 0.900. The molecule has 0 heterocycles. The fourth-order valence-electron chi connectivity index (χ4n) is 2.58. The van der Waals surface area contributed by atoms with Crippen LogP contribution in [0.15, 0.2) is 0 Å². The minimum absolute atomic E-state index is 0.410. The summed E-state index contributed by atoms with van der Waals surface area (Å²) >= 11 is 0. The smallest absolute Gasteiger partial charge is 0.320 e. The third-order valence-electron chi connectivity index (χ3n) is 4.13. The molecule has 0 aromatic rings. The highest BCUT2D eigenvalue weighted by Crippen LogP contribution is 2.13. The van der Waals surface area contributed by atoms with Crippen LogP contribution < -0.4 is 0 Å². The molecule has 4 heteroatoms. The second-order valence-corrected chi connectivity index (χ2v) is 6.50. The van der Waals surface area contributed by atoms with Gasteiger partial charge in [0.1, 0.15) is 0 Å². The first-order chi connectivity index (χ1) is 11.7. The summed E-state index contributed by atoms with van der Waals surface area (Å²) in [4.78, 5) is 24.2. The van der Waals surface area contributed by atoms with Gasteiger partial charge in [-0.2, -0.15) is 0 Å². The van der Waals surface area contributed by atoms with Crippen LogP contribution in [0.3, 0.4) is 0 Å². The molecule has 0 radical (unpaired) electrons. The predicted octanol–water partition coefficient (Wildman–Crippen LogP) is 5.43. The molecule has 0 aliphatic heterocycles. The average Bonchev–Trinajstić information content (AvgIpc) is 2.58. The Labute approximate surface area is 148 Å². The largest absolute Gasteiger partial charge is 0.465 e. The van der Waals surface area contributed by atoms with E-state index in [0.29, 0.717) is 19.6 Å². The summed E-state index contributed by atoms with van der Waals surface area (Å²) in [5, 5.41) is 0. The third kappa shape index (κ3) is 12.4. The first-order valence-corrected chi connectivity index (χ1v) is 10.0. The van der Waals surface area contributed by atoms with Crippen molar-refractivity contribution in [1.82, 2.24) is 0 Å². The Morgan fingerprint density at radius 1 is 0.625 bits per heavy atom. The van der Waals surface area contributed by atoms with Crippen LogP contribution in [0, 0.1) is 5.92 Å². The van der Waals surface area contributed by atoms with E-state index in [2.05, 4.69) is 13.8 Å². The van der Waals surface area contributed by atoms with E-state index in [1.54, 1.807) is 0 Å². The summed E-state index contributed by atoms with van der Waals surface area (Å²) in [7, 11) is 0. The summed E-state index contributed by atoms with van der Waals surface area (Å²) in [5.41, 5.74) is 0. The van der Waals surface area contributed by atoms with Crippen molar-refractivity contribution < 1.29 is 19.1 Å². The van der Waals surface area contributed by atoms with Crippen LogP contribution in [-0.4, -0.2) is 25.2 Å². The summed E-state index contributed by atoms with van der Waals surface area (Å²) in [6.45, 7) is 7.12. The van der Waals surface area contributed by atoms with Crippen LogP contribution in [-0.2, 0) is 19.1 Å². The number of unbranched alkanes of at least 4 members (excludes halogenated alkanes) is 8. The van der Waals surface area contributed by atoms with Gasteiger partial charge in [0.15, 0.2) is 5.92 Å². The van der Waals surface area contributed by atoms with Gasteiger partial charge in [0.25, 0.3) is 0 Å². The zero-order valence-corrected chi connectivity index (χ0v) is 16.1. The molecule has 4 nitrogen and oxygen atoms in total. The van der Waals surface area contributed by atoms with Gasteiger partial charge < -0.3 is 9.47 Å². The van der Waals surface area contributed by atoms with E-state index in [-0.39, 0.29) is 0 Å². The molecule has 0 saturated heterocycles. The normalized spacial score (nSPS) is 10.8. The average molecular weight is 343 g/mol. The third-order valence-corrected chi connectivity index (χ3v) is 4.13. The lowest BCUT2D eigenvalue weighted by molar-refractivity contribution is -0.162. The molecule has 0 aliphatic rings. The SMILES string of the molecule is CCCCCCCOC(=O)C(CCC)C(=O)OCCCCCCC. The molecule has 142 valence electrons. The van der Waals surface area contributed by atoms with E-state index in [9.17, 15) is 9.59 Å². The Bertz CT molecular complexity index is 287. The van der Waals surface area contributed by atoms with Crippen molar-refractivity contribution in [1.29, 1.82) is 0 Å². The number of carbonyl (C=O) groups excluding carboxylic acids is 2. The Balaban J connectivity index is 3.97. The Morgan fingerprint density at radius 2 is 1.04 bits per heavy atom. The molecule has 0 amide bonds. The van der Waals surface area contributed by atoms with Crippen LogP contribution in [0.25, 0.3) is 0 Å². The van der Waals surface area contributed by atoms with Crippen LogP contribution in [0.4, 0.5) is 0 Å². The Hall–Kier alpha value is -1.06. The maximum Gasteiger partial charge on any atom is 0.320 e. The van der Waals surface area contributed by atoms with Crippen molar-refractivity contribution in [2.45, 2.75) is 97.8 Å². The monoisotopic (exact) mass is 342 g/mol. The van der Waals surface area contributed by atoms with Crippen molar-refractivity contribution in [2.75, 3.05) is 13.2 Å². The fourth-order valence-corrected chi connectivity index (χ4v) is 2.58. The van der Waals surface area contributed by atoms with E-state index < -0.39 is 17.9 Å². The molecule has 0 aliphatic carbocycles. The van der Waals surface area contributed by atoms with Gasteiger partial charge in [0.2, 0.25) is 0 Å². The van der Waals surface area contributed by atoms with E-state index in [0.717, 1.165) is 32.1 Å². The minimum Gasteiger partial charge on any atom is -0.465 e. The van der Waals surface area contributed by atoms with Crippen molar-refractivity contribution in [3.05, 3.63) is 0 Å². The van der Waals surface area contributed by atoms with Gasteiger partial charge in [0.05, 0.1) is 13.2 Å². The molecule has 0 fully saturated rings. The highest BCUT2D eigenvalue weighted by Gasteiger charge is 2.28. The van der Waals surface area contributed by atoms with E-state index in [1.807, 2.05) is 6.92 Å². The molecule has 0 unspecified atom stereocenters. The van der Waals surface area contributed by atoms with E-state index in [1.165, 1.54) is 38.5 Å². The van der Waals surface area contributed by atoms with Gasteiger partial charge in [-0.3, -0.25) is 9.59 Å². The minimum atomic E-state index is -0.749. The number of rotatable bonds is 16. The van der Waals surface area contributed by atoms with Crippen LogP contribution in [0.5, 0.6) is 0 Å². The highest BCUT2D eigenvalue weighted by atomic mass is 16.6. The Morgan fingerprint density at radius 3 is 1.42 bits per heavy atom. The summed E-state index contributed by atoms with van der Waals surface area (Å²) in [6, 6.07) is 0. The predicted molar refractivity (Wildman–Crippen MR) is 97.8 cm³/mol. The molecular formula is C20H38O4. The molecule has 0 spiro atoms. The van der Waals surface area contributed by atoms with Gasteiger partial charge in [-0.25, -0.2) is 0 Å². The molecule has 0 aromatic heterocycles. The number of hydrogen-bond acceptors (Lipinski definition) is 4. The van der Waals surface area contributed by atoms with Crippen molar-refractivity contribution >= 4 is 11.9 Å². The van der Waals surface area contributed by atoms with Gasteiger partial charge >= 0.3 is 11.9 Å². The van der Waals surface area contributed by atoms with Crippen LogP contribution in [0.1, 0.15) is 97.8 Å². The number of carbonyl (C=O) groups is 2. The first-order valence-electron chi connectivity index (χ1n) is 10.0. The zero-order valence-electron chi connectivity index (χ0n) is 16.1. The van der Waals surface area contributed by atoms with Crippen molar-refractivity contribution in [2.24, 2.45) is 5.92 Å². The number of hydrogen-bond donors (Lipinski definition) is 0. The molecule has 0 rings (SSSR count). The topological polar surface area (TPSA) is 52.6 Å². The maximum atomic E-state index is 12.1. The molecular weight excluding hydrogens is 304 g/mol. The van der Waals surface area contributed by atoms with E-state index in [4.69, 9.17) is 9.47 Å². The lowest BCUT2D eigenvalue weighted by Crippen LogP contribution is -2.28. The molecule has 0 atom stereocenters. The summed E-state index contributed by atoms with van der Waals surface area (Å²) < 4.78 is 10.6. The summed E-state index contributed by atoms with van der Waals surface area (Å²) in [5.74, 6) is -1.58. The summed E-state index contributed by atoms with van der Waals surface area (Å²) in [6.07, 6.45) is 12.3. The van der Waals surface area contributed by atoms with E-state index >= 15 is 0 Å². The molecule has 0 aromatic carbocycles.